The standard InChI is InChI=1S/C35H39ClN4O2/c1-34(2)19-27(31(20-35(34,3)4)24-5-8-28(36)9-6-24)22-39-13-15-40(16-14-39)29-10-7-26(23-41)32(18-29)42-30-17-25-11-12-37-33(25)38-21-30/h5-12,17-18,21,23H,13-16,19-20,22H2,1-4H3,(H,37,38). The molecule has 4 aromatic rings. The zero-order chi connectivity index (χ0) is 29.5. The Morgan fingerprint density at radius 1 is 0.952 bits per heavy atom. The van der Waals surface area contributed by atoms with Crippen LogP contribution in [0.2, 0.25) is 5.02 Å². The Balaban J connectivity index is 1.18. The zero-order valence-electron chi connectivity index (χ0n) is 24.9. The van der Waals surface area contributed by atoms with Crippen molar-refractivity contribution in [3.63, 3.8) is 0 Å². The summed E-state index contributed by atoms with van der Waals surface area (Å²) in [6, 6.07) is 18.1. The Labute approximate surface area is 253 Å². The summed E-state index contributed by atoms with van der Waals surface area (Å²) >= 11 is 6.23. The number of carbonyl (C=O) groups excluding carboxylic acids is 1. The molecule has 0 amide bonds. The number of aldehydes is 1. The van der Waals surface area contributed by atoms with Gasteiger partial charge in [-0.2, -0.15) is 0 Å². The molecule has 3 heterocycles. The van der Waals surface area contributed by atoms with Crippen LogP contribution in [-0.4, -0.2) is 53.9 Å². The summed E-state index contributed by atoms with van der Waals surface area (Å²) in [4.78, 5) is 24.3. The lowest BCUT2D eigenvalue weighted by Gasteiger charge is -2.48. The summed E-state index contributed by atoms with van der Waals surface area (Å²) in [6.07, 6.45) is 6.53. The molecule has 42 heavy (non-hydrogen) atoms. The SMILES string of the molecule is CC1(C)CC(CN2CCN(c3ccc(C=O)c(Oc4cnc5[nH]ccc5c4)c3)CC2)=C(c2ccc(Cl)cc2)CC1(C)C. The first kappa shape index (κ1) is 28.5. The molecule has 0 bridgehead atoms. The molecule has 1 saturated heterocycles. The van der Waals surface area contributed by atoms with E-state index < -0.39 is 0 Å². The number of hydrogen-bond acceptors (Lipinski definition) is 5. The van der Waals surface area contributed by atoms with Crippen molar-refractivity contribution in [1.29, 1.82) is 0 Å². The van der Waals surface area contributed by atoms with E-state index in [0.29, 0.717) is 17.1 Å². The van der Waals surface area contributed by atoms with E-state index in [2.05, 4.69) is 59.6 Å². The number of nitrogens with zero attached hydrogens (tertiary/aromatic N) is 3. The van der Waals surface area contributed by atoms with Gasteiger partial charge >= 0.3 is 0 Å². The normalized spacial score (nSPS) is 18.8. The highest BCUT2D eigenvalue weighted by Gasteiger charge is 2.42. The fourth-order valence-corrected chi connectivity index (χ4v) is 6.36. The first-order valence-corrected chi connectivity index (χ1v) is 15.1. The third-order valence-electron chi connectivity index (χ3n) is 9.60. The highest BCUT2D eigenvalue weighted by Crippen LogP contribution is 2.54. The van der Waals surface area contributed by atoms with E-state index in [-0.39, 0.29) is 10.8 Å². The molecule has 1 fully saturated rings. The van der Waals surface area contributed by atoms with Crippen molar-refractivity contribution in [1.82, 2.24) is 14.9 Å². The Hall–Kier alpha value is -3.61. The predicted octanol–water partition coefficient (Wildman–Crippen LogP) is 8.24. The van der Waals surface area contributed by atoms with Gasteiger partial charge in [-0.05, 0) is 71.2 Å². The van der Waals surface area contributed by atoms with Crippen LogP contribution in [0.5, 0.6) is 11.5 Å². The van der Waals surface area contributed by atoms with Crippen molar-refractivity contribution >= 4 is 40.2 Å². The summed E-state index contributed by atoms with van der Waals surface area (Å²) in [6.45, 7) is 14.4. The third kappa shape index (κ3) is 5.70. The number of ether oxygens (including phenoxy) is 1. The highest BCUT2D eigenvalue weighted by atomic mass is 35.5. The second-order valence-electron chi connectivity index (χ2n) is 13.0. The number of nitrogens with one attached hydrogen (secondary N) is 1. The van der Waals surface area contributed by atoms with Crippen molar-refractivity contribution in [2.24, 2.45) is 10.8 Å². The first-order valence-electron chi connectivity index (χ1n) is 14.8. The molecule has 6 rings (SSSR count). The molecule has 0 radical (unpaired) electrons. The summed E-state index contributed by atoms with van der Waals surface area (Å²) in [7, 11) is 0. The smallest absolute Gasteiger partial charge is 0.153 e. The number of hydrogen-bond donors (Lipinski definition) is 1. The minimum atomic E-state index is 0.209. The van der Waals surface area contributed by atoms with E-state index in [9.17, 15) is 4.79 Å². The van der Waals surface area contributed by atoms with Crippen LogP contribution in [0, 0.1) is 10.8 Å². The first-order chi connectivity index (χ1) is 20.1. The summed E-state index contributed by atoms with van der Waals surface area (Å²) in [5.41, 5.74) is 7.15. The van der Waals surface area contributed by atoms with E-state index in [4.69, 9.17) is 16.3 Å². The molecule has 2 aromatic heterocycles. The van der Waals surface area contributed by atoms with Crippen molar-refractivity contribution in [3.05, 3.63) is 88.7 Å². The van der Waals surface area contributed by atoms with E-state index in [1.165, 1.54) is 11.1 Å². The summed E-state index contributed by atoms with van der Waals surface area (Å²) < 4.78 is 6.17. The van der Waals surface area contributed by atoms with Crippen LogP contribution < -0.4 is 9.64 Å². The van der Waals surface area contributed by atoms with Crippen LogP contribution in [0.3, 0.4) is 0 Å². The minimum Gasteiger partial charge on any atom is -0.455 e. The number of carbonyl (C=O) groups is 1. The van der Waals surface area contributed by atoms with Gasteiger partial charge in [0.15, 0.2) is 6.29 Å². The largest absolute Gasteiger partial charge is 0.455 e. The number of allylic oxidation sites excluding steroid dienone is 1. The molecule has 218 valence electrons. The van der Waals surface area contributed by atoms with Crippen LogP contribution in [0.4, 0.5) is 5.69 Å². The molecule has 6 nitrogen and oxygen atoms in total. The Kier molecular flexibility index (Phi) is 7.62. The predicted molar refractivity (Wildman–Crippen MR) is 172 cm³/mol. The second-order valence-corrected chi connectivity index (χ2v) is 13.4. The lowest BCUT2D eigenvalue weighted by molar-refractivity contribution is 0.102. The number of fused-ring (bicyclic) bond motifs is 1. The van der Waals surface area contributed by atoms with Gasteiger partial charge in [0.1, 0.15) is 17.1 Å². The molecule has 1 N–H and O–H groups in total. The van der Waals surface area contributed by atoms with E-state index in [0.717, 1.165) is 73.6 Å². The lowest BCUT2D eigenvalue weighted by atomic mass is 9.57. The average molecular weight is 583 g/mol. The Bertz CT molecular complexity index is 1630. The van der Waals surface area contributed by atoms with Gasteiger partial charge < -0.3 is 14.6 Å². The van der Waals surface area contributed by atoms with Gasteiger partial charge in [-0.3, -0.25) is 9.69 Å². The number of aromatic nitrogens is 2. The summed E-state index contributed by atoms with van der Waals surface area (Å²) in [5, 5.41) is 1.74. The number of benzene rings is 2. The molecular weight excluding hydrogens is 544 g/mol. The van der Waals surface area contributed by atoms with Crippen LogP contribution >= 0.6 is 11.6 Å². The third-order valence-corrected chi connectivity index (χ3v) is 9.86. The molecule has 1 aliphatic carbocycles. The van der Waals surface area contributed by atoms with Gasteiger partial charge in [0.25, 0.3) is 0 Å². The zero-order valence-corrected chi connectivity index (χ0v) is 25.7. The van der Waals surface area contributed by atoms with Crippen molar-refractivity contribution in [2.75, 3.05) is 37.6 Å². The van der Waals surface area contributed by atoms with Crippen LogP contribution in [0.25, 0.3) is 16.6 Å². The summed E-state index contributed by atoms with van der Waals surface area (Å²) in [5.74, 6) is 1.15. The highest BCUT2D eigenvalue weighted by molar-refractivity contribution is 6.30. The number of halogens is 1. The number of pyridine rings is 1. The molecule has 0 atom stereocenters. The van der Waals surface area contributed by atoms with Crippen molar-refractivity contribution in [2.45, 2.75) is 40.5 Å². The van der Waals surface area contributed by atoms with Gasteiger partial charge in [-0.15, -0.1) is 0 Å². The fraction of sp³-hybridized carbons (Fsp3) is 0.371. The molecule has 1 aliphatic heterocycles. The lowest BCUT2D eigenvalue weighted by Crippen LogP contribution is -2.48. The number of H-pyrrole nitrogens is 1. The molecule has 2 aromatic carbocycles. The molecule has 7 heteroatoms. The monoisotopic (exact) mass is 582 g/mol. The second kappa shape index (κ2) is 11.2. The number of aromatic amines is 1. The molecule has 0 saturated carbocycles. The van der Waals surface area contributed by atoms with E-state index in [1.807, 2.05) is 48.7 Å². The maximum Gasteiger partial charge on any atom is 0.153 e. The molecule has 0 unspecified atom stereocenters. The van der Waals surface area contributed by atoms with E-state index >= 15 is 0 Å². The maximum absolute atomic E-state index is 11.8. The minimum absolute atomic E-state index is 0.209. The van der Waals surface area contributed by atoms with Crippen LogP contribution in [-0.2, 0) is 0 Å². The van der Waals surface area contributed by atoms with Crippen molar-refractivity contribution < 1.29 is 9.53 Å². The van der Waals surface area contributed by atoms with E-state index in [1.54, 1.807) is 11.8 Å². The Morgan fingerprint density at radius 2 is 1.69 bits per heavy atom. The van der Waals surface area contributed by atoms with Gasteiger partial charge in [-0.1, -0.05) is 57.0 Å². The number of rotatable bonds is 7. The number of piperazine rings is 1. The van der Waals surface area contributed by atoms with Gasteiger partial charge in [0.05, 0.1) is 11.8 Å². The quantitative estimate of drug-likeness (QED) is 0.222. The fourth-order valence-electron chi connectivity index (χ4n) is 6.24. The molecule has 2 aliphatic rings. The number of anilines is 1. The van der Waals surface area contributed by atoms with Gasteiger partial charge in [0, 0.05) is 61.1 Å². The van der Waals surface area contributed by atoms with Gasteiger partial charge in [-0.25, -0.2) is 4.98 Å². The molecule has 0 spiro atoms. The Morgan fingerprint density at radius 3 is 2.43 bits per heavy atom. The topological polar surface area (TPSA) is 61.5 Å². The average Bonchev–Trinajstić information content (AvgIpc) is 3.44. The van der Waals surface area contributed by atoms with Crippen molar-refractivity contribution in [3.8, 4) is 11.5 Å². The van der Waals surface area contributed by atoms with Crippen LogP contribution in [0.1, 0.15) is 56.5 Å². The van der Waals surface area contributed by atoms with Crippen LogP contribution in [0.15, 0.2) is 72.6 Å². The van der Waals surface area contributed by atoms with Gasteiger partial charge in [0.2, 0.25) is 0 Å². The maximum atomic E-state index is 11.8. The molecular formula is C35H39ClN4O2.